The lowest BCUT2D eigenvalue weighted by molar-refractivity contribution is -0.122. The summed E-state index contributed by atoms with van der Waals surface area (Å²) in [6.45, 7) is 3.72. The quantitative estimate of drug-likeness (QED) is 0.292. The summed E-state index contributed by atoms with van der Waals surface area (Å²) in [5, 5.41) is 9.72. The zero-order valence-corrected chi connectivity index (χ0v) is 20.5. The molecule has 0 aliphatic carbocycles. The molecule has 4 rings (SSSR count). The van der Waals surface area contributed by atoms with Crippen molar-refractivity contribution in [1.29, 1.82) is 0 Å². The van der Waals surface area contributed by atoms with E-state index in [1.807, 2.05) is 19.1 Å². The monoisotopic (exact) mass is 537 g/mol. The van der Waals surface area contributed by atoms with Crippen LogP contribution < -0.4 is 5.32 Å². The molecule has 0 atom stereocenters. The summed E-state index contributed by atoms with van der Waals surface area (Å²) in [4.78, 5) is 28.1. The van der Waals surface area contributed by atoms with Crippen molar-refractivity contribution in [1.82, 2.24) is 15.3 Å². The second-order valence-electron chi connectivity index (χ2n) is 6.99. The van der Waals surface area contributed by atoms with Gasteiger partial charge in [-0.25, -0.2) is 13.2 Å². The summed E-state index contributed by atoms with van der Waals surface area (Å²) in [5.41, 5.74) is 3.27. The number of nitrogens with one attached hydrogen (secondary N) is 1. The van der Waals surface area contributed by atoms with E-state index < -0.39 is 28.9 Å². The number of hydrogen-bond donors (Lipinski definition) is 2. The van der Waals surface area contributed by atoms with E-state index in [2.05, 4.69) is 15.3 Å². The zero-order valence-electron chi connectivity index (χ0n) is 19.0. The molecule has 1 aromatic heterocycles. The maximum absolute atomic E-state index is 13.3. The first-order valence-corrected chi connectivity index (χ1v) is 11.1. The summed E-state index contributed by atoms with van der Waals surface area (Å²) >= 11 is 12.3. The van der Waals surface area contributed by atoms with Crippen LogP contribution in [-0.2, 0) is 4.79 Å². The SMILES string of the molecule is CCNC(=O)c1c(F)cccc1F.Cc1ccc(-c2c(Cl)cc(F)cc2Cl)c2nccnc12.O=CO. The zero-order chi connectivity index (χ0) is 26.8. The van der Waals surface area contributed by atoms with Crippen LogP contribution in [0.4, 0.5) is 13.2 Å². The number of halogens is 5. The van der Waals surface area contributed by atoms with Crippen molar-refractivity contribution in [2.75, 3.05) is 6.54 Å². The molecule has 0 saturated heterocycles. The Bertz CT molecular complexity index is 1340. The van der Waals surface area contributed by atoms with Crippen LogP contribution in [0.15, 0.2) is 54.9 Å². The van der Waals surface area contributed by atoms with Crippen LogP contribution in [0.3, 0.4) is 0 Å². The first-order chi connectivity index (χ1) is 17.2. The molecule has 0 saturated carbocycles. The minimum absolute atomic E-state index is 0.250. The third kappa shape index (κ3) is 6.93. The predicted molar refractivity (Wildman–Crippen MR) is 133 cm³/mol. The number of benzene rings is 3. The molecule has 0 aliphatic heterocycles. The normalized spacial score (nSPS) is 9.97. The molecule has 188 valence electrons. The topological polar surface area (TPSA) is 92.2 Å². The van der Waals surface area contributed by atoms with Gasteiger partial charge in [0.15, 0.2) is 0 Å². The van der Waals surface area contributed by atoms with Crippen LogP contribution in [0.2, 0.25) is 10.0 Å². The van der Waals surface area contributed by atoms with Gasteiger partial charge in [-0.1, -0.05) is 41.4 Å². The molecule has 0 spiro atoms. The van der Waals surface area contributed by atoms with E-state index >= 15 is 0 Å². The van der Waals surface area contributed by atoms with Crippen molar-refractivity contribution in [3.05, 3.63) is 93.5 Å². The van der Waals surface area contributed by atoms with Gasteiger partial charge in [0.1, 0.15) is 23.0 Å². The fraction of sp³-hybridized carbons (Fsp3) is 0.120. The van der Waals surface area contributed by atoms with Crippen molar-refractivity contribution in [2.24, 2.45) is 0 Å². The second kappa shape index (κ2) is 13.4. The lowest BCUT2D eigenvalue weighted by Crippen LogP contribution is -2.24. The number of rotatable bonds is 3. The number of fused-ring (bicyclic) bond motifs is 1. The first-order valence-electron chi connectivity index (χ1n) is 10.3. The highest BCUT2D eigenvalue weighted by Gasteiger charge is 2.16. The van der Waals surface area contributed by atoms with E-state index in [0.29, 0.717) is 17.6 Å². The summed E-state index contributed by atoms with van der Waals surface area (Å²) in [6.07, 6.45) is 3.24. The number of carbonyl (C=O) groups is 2. The first kappa shape index (κ1) is 28.5. The Morgan fingerprint density at radius 3 is 2.06 bits per heavy atom. The molecule has 6 nitrogen and oxygen atoms in total. The maximum Gasteiger partial charge on any atom is 0.290 e. The van der Waals surface area contributed by atoms with Gasteiger partial charge < -0.3 is 10.4 Å². The minimum Gasteiger partial charge on any atom is -0.483 e. The maximum atomic E-state index is 13.3. The molecule has 36 heavy (non-hydrogen) atoms. The van der Waals surface area contributed by atoms with Gasteiger partial charge in [-0.2, -0.15) is 0 Å². The number of aromatic nitrogens is 2. The van der Waals surface area contributed by atoms with Crippen LogP contribution in [0.5, 0.6) is 0 Å². The highest BCUT2D eigenvalue weighted by molar-refractivity contribution is 6.39. The molecule has 1 amide bonds. The Morgan fingerprint density at radius 2 is 1.53 bits per heavy atom. The summed E-state index contributed by atoms with van der Waals surface area (Å²) in [7, 11) is 0. The number of amides is 1. The standard InChI is InChI=1S/C15H9Cl2FN2.C9H9F2NO.CH2O2/c1-8-2-3-10(15-14(8)19-4-5-20-15)13-11(16)6-9(18)7-12(13)17;1-2-12-9(13)8-6(10)4-3-5-7(8)11;2-1-3/h2-7H,1H3;3-5H,2H2,1H3,(H,12,13);1H,(H,2,3). The smallest absolute Gasteiger partial charge is 0.290 e. The Kier molecular flexibility index (Phi) is 10.6. The lowest BCUT2D eigenvalue weighted by atomic mass is 10.0. The Morgan fingerprint density at radius 1 is 1.00 bits per heavy atom. The summed E-state index contributed by atoms with van der Waals surface area (Å²) < 4.78 is 39.2. The Balaban J connectivity index is 0.000000247. The predicted octanol–water partition coefficient (Wildman–Crippen LogP) is 6.47. The van der Waals surface area contributed by atoms with E-state index in [-0.39, 0.29) is 16.5 Å². The summed E-state index contributed by atoms with van der Waals surface area (Å²) in [6, 6.07) is 9.59. The van der Waals surface area contributed by atoms with Gasteiger partial charge in [0.2, 0.25) is 0 Å². The van der Waals surface area contributed by atoms with E-state index in [4.69, 9.17) is 33.1 Å². The van der Waals surface area contributed by atoms with Crippen LogP contribution >= 0.6 is 23.2 Å². The molecule has 4 aromatic rings. The van der Waals surface area contributed by atoms with Gasteiger partial charge >= 0.3 is 0 Å². The molecule has 0 radical (unpaired) electrons. The minimum atomic E-state index is -0.842. The molecule has 1 heterocycles. The third-order valence-corrected chi connectivity index (χ3v) is 5.23. The average Bonchev–Trinajstić information content (AvgIpc) is 2.81. The van der Waals surface area contributed by atoms with Gasteiger partial charge in [-0.05, 0) is 43.7 Å². The van der Waals surface area contributed by atoms with Crippen molar-refractivity contribution in [3.63, 3.8) is 0 Å². The van der Waals surface area contributed by atoms with Crippen molar-refractivity contribution < 1.29 is 27.9 Å². The van der Waals surface area contributed by atoms with Gasteiger partial charge in [0.25, 0.3) is 12.4 Å². The highest BCUT2D eigenvalue weighted by atomic mass is 35.5. The molecule has 11 heteroatoms. The van der Waals surface area contributed by atoms with E-state index in [1.54, 1.807) is 19.3 Å². The van der Waals surface area contributed by atoms with Crippen LogP contribution in [0, 0.1) is 24.4 Å². The number of carbonyl (C=O) groups excluding carboxylic acids is 1. The molecule has 2 N–H and O–H groups in total. The molecule has 0 fully saturated rings. The van der Waals surface area contributed by atoms with Gasteiger partial charge in [0.05, 0.1) is 21.1 Å². The fourth-order valence-corrected chi connectivity index (χ4v) is 3.82. The molecular weight excluding hydrogens is 518 g/mol. The van der Waals surface area contributed by atoms with Gasteiger partial charge in [0, 0.05) is 30.1 Å². The van der Waals surface area contributed by atoms with Crippen LogP contribution in [0.1, 0.15) is 22.8 Å². The Hall–Kier alpha value is -3.69. The highest BCUT2D eigenvalue weighted by Crippen LogP contribution is 2.38. The molecule has 3 aromatic carbocycles. The third-order valence-electron chi connectivity index (χ3n) is 4.63. The van der Waals surface area contributed by atoms with Gasteiger partial charge in [-0.3, -0.25) is 19.6 Å². The molecule has 0 unspecified atom stereocenters. The molecule has 0 bridgehead atoms. The Labute approximate surface area is 214 Å². The van der Waals surface area contributed by atoms with E-state index in [9.17, 15) is 18.0 Å². The van der Waals surface area contributed by atoms with Gasteiger partial charge in [-0.15, -0.1) is 0 Å². The van der Waals surface area contributed by atoms with Crippen molar-refractivity contribution >= 4 is 46.6 Å². The van der Waals surface area contributed by atoms with E-state index in [1.165, 1.54) is 18.2 Å². The molecular formula is C25H20Cl2F3N3O3. The van der Waals surface area contributed by atoms with Crippen LogP contribution in [-0.4, -0.2) is 34.0 Å². The second-order valence-corrected chi connectivity index (χ2v) is 7.80. The lowest BCUT2D eigenvalue weighted by Gasteiger charge is -2.11. The fourth-order valence-electron chi connectivity index (χ4n) is 3.15. The number of carboxylic acid groups (broad SMARTS) is 1. The van der Waals surface area contributed by atoms with Crippen molar-refractivity contribution in [2.45, 2.75) is 13.8 Å². The number of aryl methyl sites for hydroxylation is 1. The average molecular weight is 538 g/mol. The molecule has 0 aliphatic rings. The van der Waals surface area contributed by atoms with Crippen molar-refractivity contribution in [3.8, 4) is 11.1 Å². The van der Waals surface area contributed by atoms with E-state index in [0.717, 1.165) is 28.8 Å². The van der Waals surface area contributed by atoms with Crippen LogP contribution in [0.25, 0.3) is 22.2 Å². The summed E-state index contributed by atoms with van der Waals surface area (Å²) in [5.74, 6) is -2.87. The number of nitrogens with zero attached hydrogens (tertiary/aromatic N) is 2. The largest absolute Gasteiger partial charge is 0.483 e. The number of hydrogen-bond acceptors (Lipinski definition) is 4.